The van der Waals surface area contributed by atoms with Crippen LogP contribution in [0.2, 0.25) is 0 Å². The summed E-state index contributed by atoms with van der Waals surface area (Å²) in [6.07, 6.45) is 0. The molecular formula is C22H28N2O6. The molecule has 0 bridgehead atoms. The summed E-state index contributed by atoms with van der Waals surface area (Å²) in [7, 11) is 0. The maximum atomic E-state index is 12.2. The van der Waals surface area contributed by atoms with Crippen molar-refractivity contribution in [3.63, 3.8) is 0 Å². The Bertz CT molecular complexity index is 983. The van der Waals surface area contributed by atoms with Gasteiger partial charge >= 0.3 is 17.6 Å². The number of fused-ring (bicyclic) bond motifs is 1. The van der Waals surface area contributed by atoms with E-state index in [-0.39, 0.29) is 24.7 Å². The Hall–Kier alpha value is -2.87. The molecule has 0 spiro atoms. The first-order chi connectivity index (χ1) is 14.2. The van der Waals surface area contributed by atoms with Crippen LogP contribution in [-0.2, 0) is 14.3 Å². The number of rotatable bonds is 5. The van der Waals surface area contributed by atoms with Crippen LogP contribution in [0.3, 0.4) is 0 Å². The van der Waals surface area contributed by atoms with E-state index in [4.69, 9.17) is 13.9 Å². The number of hydrogen-bond donors (Lipinski definition) is 0. The predicted molar refractivity (Wildman–Crippen MR) is 113 cm³/mol. The van der Waals surface area contributed by atoms with E-state index in [1.54, 1.807) is 13.0 Å². The number of nitrogens with zero attached hydrogens (tertiary/aromatic N) is 2. The summed E-state index contributed by atoms with van der Waals surface area (Å²) in [6, 6.07) is 7.06. The van der Waals surface area contributed by atoms with Gasteiger partial charge in [-0.1, -0.05) is 0 Å². The second-order valence-corrected chi connectivity index (χ2v) is 8.24. The zero-order valence-electron chi connectivity index (χ0n) is 17.9. The van der Waals surface area contributed by atoms with Crippen LogP contribution < -0.4 is 10.5 Å². The van der Waals surface area contributed by atoms with Gasteiger partial charge in [-0.15, -0.1) is 0 Å². The highest BCUT2D eigenvalue weighted by molar-refractivity contribution is 5.93. The summed E-state index contributed by atoms with van der Waals surface area (Å²) in [5, 5.41) is 0.657. The number of carbonyl (C=O) groups excluding carboxylic acids is 2. The molecular weight excluding hydrogens is 388 g/mol. The zero-order valence-corrected chi connectivity index (χ0v) is 17.9. The Morgan fingerprint density at radius 1 is 1.10 bits per heavy atom. The average molecular weight is 416 g/mol. The van der Waals surface area contributed by atoms with Crippen LogP contribution in [0.25, 0.3) is 11.0 Å². The first-order valence-corrected chi connectivity index (χ1v) is 10.1. The summed E-state index contributed by atoms with van der Waals surface area (Å²) in [6.45, 7) is 10.6. The molecule has 3 rings (SSSR count). The van der Waals surface area contributed by atoms with Crippen molar-refractivity contribution in [2.24, 2.45) is 0 Å². The molecule has 0 radical (unpaired) electrons. The monoisotopic (exact) mass is 416 g/mol. The average Bonchev–Trinajstić information content (AvgIpc) is 2.66. The largest absolute Gasteiger partial charge is 0.462 e. The van der Waals surface area contributed by atoms with Gasteiger partial charge in [0.15, 0.2) is 0 Å². The normalized spacial score (nSPS) is 15.3. The van der Waals surface area contributed by atoms with E-state index in [2.05, 4.69) is 9.80 Å². The topological polar surface area (TPSA) is 89.3 Å². The SMILES string of the molecule is CCOC(=O)c1cc2ccc(N3CCN(CC(=O)OC(C)(C)C)CC3)cc2oc1=O. The quantitative estimate of drug-likeness (QED) is 0.542. The van der Waals surface area contributed by atoms with E-state index in [9.17, 15) is 14.4 Å². The Morgan fingerprint density at radius 2 is 1.80 bits per heavy atom. The number of benzene rings is 1. The summed E-state index contributed by atoms with van der Waals surface area (Å²) in [5.74, 6) is -0.904. The van der Waals surface area contributed by atoms with Gasteiger partial charge in [-0.05, 0) is 45.9 Å². The molecule has 1 aliphatic rings. The molecule has 0 amide bonds. The number of piperazine rings is 1. The fourth-order valence-corrected chi connectivity index (χ4v) is 3.37. The number of ether oxygens (including phenoxy) is 2. The summed E-state index contributed by atoms with van der Waals surface area (Å²) in [5.41, 5.74) is 0.0439. The highest BCUT2D eigenvalue weighted by Crippen LogP contribution is 2.23. The third kappa shape index (κ3) is 5.38. The maximum Gasteiger partial charge on any atom is 0.351 e. The van der Waals surface area contributed by atoms with Gasteiger partial charge in [0.25, 0.3) is 0 Å². The maximum absolute atomic E-state index is 12.2. The van der Waals surface area contributed by atoms with Crippen molar-refractivity contribution in [2.75, 3.05) is 44.2 Å². The van der Waals surface area contributed by atoms with Crippen molar-refractivity contribution in [1.82, 2.24) is 4.90 Å². The molecule has 1 aromatic carbocycles. The van der Waals surface area contributed by atoms with Crippen LogP contribution in [0.5, 0.6) is 0 Å². The summed E-state index contributed by atoms with van der Waals surface area (Å²) < 4.78 is 15.6. The molecule has 1 saturated heterocycles. The van der Waals surface area contributed by atoms with E-state index in [0.29, 0.717) is 11.0 Å². The second kappa shape index (κ2) is 8.87. The van der Waals surface area contributed by atoms with Crippen molar-refractivity contribution in [2.45, 2.75) is 33.3 Å². The van der Waals surface area contributed by atoms with Crippen LogP contribution >= 0.6 is 0 Å². The molecule has 2 heterocycles. The minimum atomic E-state index is -0.708. The Labute approximate surface area is 175 Å². The molecule has 162 valence electrons. The highest BCUT2D eigenvalue weighted by atomic mass is 16.6. The third-order valence-electron chi connectivity index (χ3n) is 4.73. The molecule has 1 aromatic heterocycles. The van der Waals surface area contributed by atoms with E-state index in [1.165, 1.54) is 6.07 Å². The van der Waals surface area contributed by atoms with Gasteiger partial charge in [-0.3, -0.25) is 9.69 Å². The van der Waals surface area contributed by atoms with Crippen LogP contribution in [0.4, 0.5) is 5.69 Å². The molecule has 1 fully saturated rings. The molecule has 30 heavy (non-hydrogen) atoms. The summed E-state index contributed by atoms with van der Waals surface area (Å²) >= 11 is 0. The van der Waals surface area contributed by atoms with Crippen LogP contribution in [-0.4, -0.2) is 61.8 Å². The molecule has 8 heteroatoms. The Morgan fingerprint density at radius 3 is 2.43 bits per heavy atom. The van der Waals surface area contributed by atoms with E-state index < -0.39 is 17.2 Å². The molecule has 0 unspecified atom stereocenters. The van der Waals surface area contributed by atoms with Crippen LogP contribution in [0, 0.1) is 0 Å². The predicted octanol–water partition coefficient (Wildman–Crippen LogP) is 2.43. The molecule has 0 aliphatic carbocycles. The van der Waals surface area contributed by atoms with E-state index in [0.717, 1.165) is 31.9 Å². The first kappa shape index (κ1) is 21.8. The van der Waals surface area contributed by atoms with Crippen LogP contribution in [0.1, 0.15) is 38.1 Å². The number of anilines is 1. The minimum Gasteiger partial charge on any atom is -0.462 e. The van der Waals surface area contributed by atoms with Crippen LogP contribution in [0.15, 0.2) is 33.5 Å². The lowest BCUT2D eigenvalue weighted by atomic mass is 10.1. The Kier molecular flexibility index (Phi) is 6.45. The standard InChI is InChI=1S/C22H28N2O6/c1-5-28-20(26)17-12-15-6-7-16(13-18(15)29-21(17)27)24-10-8-23(9-11-24)14-19(25)30-22(2,3)4/h6-7,12-13H,5,8-11,14H2,1-4H3. The van der Waals surface area contributed by atoms with Gasteiger partial charge in [0.2, 0.25) is 0 Å². The number of esters is 2. The smallest absolute Gasteiger partial charge is 0.351 e. The van der Waals surface area contributed by atoms with Gasteiger partial charge in [0, 0.05) is 43.3 Å². The van der Waals surface area contributed by atoms with Gasteiger partial charge in [-0.2, -0.15) is 0 Å². The molecule has 0 saturated carbocycles. The van der Waals surface area contributed by atoms with Crippen molar-refractivity contribution < 1.29 is 23.5 Å². The van der Waals surface area contributed by atoms with Gasteiger partial charge in [0.1, 0.15) is 16.7 Å². The molecule has 8 nitrogen and oxygen atoms in total. The number of hydrogen-bond acceptors (Lipinski definition) is 8. The molecule has 1 aliphatic heterocycles. The Balaban J connectivity index is 1.67. The van der Waals surface area contributed by atoms with Crippen molar-refractivity contribution >= 4 is 28.6 Å². The van der Waals surface area contributed by atoms with E-state index in [1.807, 2.05) is 32.9 Å². The zero-order chi connectivity index (χ0) is 21.9. The number of carbonyl (C=O) groups is 2. The van der Waals surface area contributed by atoms with Crippen molar-refractivity contribution in [3.05, 3.63) is 40.2 Å². The van der Waals surface area contributed by atoms with Gasteiger partial charge in [0.05, 0.1) is 13.2 Å². The fourth-order valence-electron chi connectivity index (χ4n) is 3.37. The van der Waals surface area contributed by atoms with Gasteiger partial charge in [-0.25, -0.2) is 9.59 Å². The van der Waals surface area contributed by atoms with Gasteiger partial charge < -0.3 is 18.8 Å². The second-order valence-electron chi connectivity index (χ2n) is 8.24. The lowest BCUT2D eigenvalue weighted by molar-refractivity contribution is -0.156. The van der Waals surface area contributed by atoms with Crippen molar-refractivity contribution in [1.29, 1.82) is 0 Å². The first-order valence-electron chi connectivity index (χ1n) is 10.1. The van der Waals surface area contributed by atoms with E-state index >= 15 is 0 Å². The molecule has 2 aromatic rings. The highest BCUT2D eigenvalue weighted by Gasteiger charge is 2.23. The lowest BCUT2D eigenvalue weighted by Gasteiger charge is -2.36. The molecule has 0 N–H and O–H groups in total. The molecule has 0 atom stereocenters. The minimum absolute atomic E-state index is 0.104. The fraction of sp³-hybridized carbons (Fsp3) is 0.500. The summed E-state index contributed by atoms with van der Waals surface area (Å²) in [4.78, 5) is 40.3. The third-order valence-corrected chi connectivity index (χ3v) is 4.73. The van der Waals surface area contributed by atoms with Crippen molar-refractivity contribution in [3.8, 4) is 0 Å². The lowest BCUT2D eigenvalue weighted by Crippen LogP contribution is -2.48.